The van der Waals surface area contributed by atoms with Crippen molar-refractivity contribution in [3.05, 3.63) is 34.9 Å². The van der Waals surface area contributed by atoms with Gasteiger partial charge in [-0.25, -0.2) is 4.79 Å². The highest BCUT2D eigenvalue weighted by molar-refractivity contribution is 6.33. The Morgan fingerprint density at radius 2 is 2.11 bits per heavy atom. The van der Waals surface area contributed by atoms with E-state index in [4.69, 9.17) is 16.7 Å². The minimum absolute atomic E-state index is 0.255. The molecule has 1 unspecified atom stereocenters. The van der Waals surface area contributed by atoms with Gasteiger partial charge in [-0.1, -0.05) is 23.7 Å². The van der Waals surface area contributed by atoms with Crippen LogP contribution in [-0.4, -0.2) is 47.6 Å². The van der Waals surface area contributed by atoms with Crippen molar-refractivity contribution in [1.29, 1.82) is 0 Å². The minimum atomic E-state index is -1.01. The summed E-state index contributed by atoms with van der Waals surface area (Å²) in [7, 11) is 0. The second-order valence-electron chi connectivity index (χ2n) is 4.04. The lowest BCUT2D eigenvalue weighted by Gasteiger charge is -2.33. The number of hydrogen-bond acceptors (Lipinski definition) is 3. The summed E-state index contributed by atoms with van der Waals surface area (Å²) in [6.45, 7) is 1.20. The molecule has 0 bridgehead atoms. The number of nitrogens with zero attached hydrogens (tertiary/aromatic N) is 1. The number of halogens is 1. The molecule has 1 aliphatic heterocycles. The molecule has 1 atom stereocenters. The molecule has 0 saturated carbocycles. The summed E-state index contributed by atoms with van der Waals surface area (Å²) >= 11 is 5.96. The number of amides is 1. The highest BCUT2D eigenvalue weighted by atomic mass is 35.5. The van der Waals surface area contributed by atoms with Gasteiger partial charge in [0.15, 0.2) is 0 Å². The first-order valence-corrected chi connectivity index (χ1v) is 5.98. The summed E-state index contributed by atoms with van der Waals surface area (Å²) < 4.78 is 0. The fourth-order valence-electron chi connectivity index (χ4n) is 1.96. The first-order valence-electron chi connectivity index (χ1n) is 5.60. The monoisotopic (exact) mass is 268 g/mol. The van der Waals surface area contributed by atoms with Crippen LogP contribution in [0.5, 0.6) is 0 Å². The van der Waals surface area contributed by atoms with Gasteiger partial charge in [-0.2, -0.15) is 0 Å². The van der Waals surface area contributed by atoms with Gasteiger partial charge < -0.3 is 15.3 Å². The number of piperazine rings is 1. The molecule has 0 aromatic heterocycles. The summed E-state index contributed by atoms with van der Waals surface area (Å²) in [6, 6.07) is 5.81. The molecule has 2 rings (SSSR count). The van der Waals surface area contributed by atoms with Gasteiger partial charge in [0.05, 0.1) is 10.6 Å². The van der Waals surface area contributed by atoms with E-state index >= 15 is 0 Å². The number of rotatable bonds is 2. The number of carboxylic acids is 1. The number of hydrogen-bond donors (Lipinski definition) is 2. The zero-order chi connectivity index (χ0) is 13.1. The summed E-state index contributed by atoms with van der Waals surface area (Å²) in [5, 5.41) is 12.4. The Labute approximate surface area is 109 Å². The molecule has 18 heavy (non-hydrogen) atoms. The van der Waals surface area contributed by atoms with Crippen LogP contribution in [0.1, 0.15) is 10.4 Å². The lowest BCUT2D eigenvalue weighted by Crippen LogP contribution is -2.57. The molecule has 1 heterocycles. The summed E-state index contributed by atoms with van der Waals surface area (Å²) in [5.74, 6) is -1.35. The van der Waals surface area contributed by atoms with Crippen molar-refractivity contribution in [2.24, 2.45) is 0 Å². The third kappa shape index (κ3) is 2.47. The highest BCUT2D eigenvalue weighted by Crippen LogP contribution is 2.19. The van der Waals surface area contributed by atoms with E-state index < -0.39 is 12.0 Å². The van der Waals surface area contributed by atoms with Crippen LogP contribution in [0.3, 0.4) is 0 Å². The second kappa shape index (κ2) is 5.37. The molecule has 0 aliphatic carbocycles. The standard InChI is InChI=1S/C12H13ClN2O3/c13-9-4-2-1-3-8(9)11(16)15-6-5-14-7-10(15)12(17)18/h1-4,10,14H,5-7H2,(H,17,18). The van der Waals surface area contributed by atoms with Gasteiger partial charge in [0.25, 0.3) is 5.91 Å². The maximum absolute atomic E-state index is 12.3. The summed E-state index contributed by atoms with van der Waals surface area (Å²) in [5.41, 5.74) is 0.340. The molecular formula is C12H13ClN2O3. The van der Waals surface area contributed by atoms with Gasteiger partial charge in [0.2, 0.25) is 0 Å². The molecule has 1 amide bonds. The van der Waals surface area contributed by atoms with E-state index in [0.29, 0.717) is 23.7 Å². The third-order valence-electron chi connectivity index (χ3n) is 2.89. The average molecular weight is 269 g/mol. The van der Waals surface area contributed by atoms with Crippen molar-refractivity contribution < 1.29 is 14.7 Å². The van der Waals surface area contributed by atoms with E-state index in [0.717, 1.165) is 0 Å². The summed E-state index contributed by atoms with van der Waals surface area (Å²) in [4.78, 5) is 24.8. The molecular weight excluding hydrogens is 256 g/mol. The first kappa shape index (κ1) is 12.9. The Kier molecular flexibility index (Phi) is 3.84. The molecule has 1 saturated heterocycles. The molecule has 1 aromatic rings. The molecule has 5 nitrogen and oxygen atoms in total. The molecule has 2 N–H and O–H groups in total. The largest absolute Gasteiger partial charge is 0.480 e. The SMILES string of the molecule is O=C(O)C1CNCCN1C(=O)c1ccccc1Cl. The molecule has 1 aliphatic rings. The molecule has 6 heteroatoms. The summed E-state index contributed by atoms with van der Waals surface area (Å²) in [6.07, 6.45) is 0. The average Bonchev–Trinajstić information content (AvgIpc) is 2.38. The molecule has 1 aromatic carbocycles. The Hall–Kier alpha value is -1.59. The predicted molar refractivity (Wildman–Crippen MR) is 66.8 cm³/mol. The van der Waals surface area contributed by atoms with Gasteiger partial charge in [0, 0.05) is 19.6 Å². The smallest absolute Gasteiger partial charge is 0.327 e. The minimum Gasteiger partial charge on any atom is -0.480 e. The Bertz CT molecular complexity index is 478. The van der Waals surface area contributed by atoms with Crippen molar-refractivity contribution in [2.45, 2.75) is 6.04 Å². The van der Waals surface area contributed by atoms with Crippen LogP contribution in [0.25, 0.3) is 0 Å². The van der Waals surface area contributed by atoms with Crippen LogP contribution >= 0.6 is 11.6 Å². The van der Waals surface area contributed by atoms with E-state index in [1.165, 1.54) is 4.90 Å². The molecule has 0 radical (unpaired) electrons. The number of aliphatic carboxylic acids is 1. The van der Waals surface area contributed by atoms with Gasteiger partial charge >= 0.3 is 5.97 Å². The van der Waals surface area contributed by atoms with E-state index in [-0.39, 0.29) is 12.5 Å². The predicted octanol–water partition coefficient (Wildman–Crippen LogP) is 0.839. The fourth-order valence-corrected chi connectivity index (χ4v) is 2.17. The Balaban J connectivity index is 2.27. The first-order chi connectivity index (χ1) is 8.61. The fraction of sp³-hybridized carbons (Fsp3) is 0.333. The van der Waals surface area contributed by atoms with Crippen LogP contribution in [0.2, 0.25) is 5.02 Å². The van der Waals surface area contributed by atoms with Gasteiger partial charge in [0.1, 0.15) is 6.04 Å². The number of carbonyl (C=O) groups is 2. The van der Waals surface area contributed by atoms with Crippen LogP contribution in [0, 0.1) is 0 Å². The third-order valence-corrected chi connectivity index (χ3v) is 3.22. The highest BCUT2D eigenvalue weighted by Gasteiger charge is 2.32. The van der Waals surface area contributed by atoms with Crippen LogP contribution in [0.4, 0.5) is 0 Å². The zero-order valence-corrected chi connectivity index (χ0v) is 10.4. The maximum Gasteiger partial charge on any atom is 0.327 e. The topological polar surface area (TPSA) is 69.6 Å². The van der Waals surface area contributed by atoms with Gasteiger partial charge in [-0.3, -0.25) is 4.79 Å². The normalized spacial score (nSPS) is 19.6. The van der Waals surface area contributed by atoms with Crippen LogP contribution in [-0.2, 0) is 4.79 Å². The van der Waals surface area contributed by atoms with Crippen molar-refractivity contribution in [1.82, 2.24) is 10.2 Å². The van der Waals surface area contributed by atoms with Crippen LogP contribution in [0.15, 0.2) is 24.3 Å². The van der Waals surface area contributed by atoms with E-state index in [1.54, 1.807) is 24.3 Å². The van der Waals surface area contributed by atoms with Crippen LogP contribution < -0.4 is 5.32 Å². The van der Waals surface area contributed by atoms with Gasteiger partial charge in [-0.15, -0.1) is 0 Å². The number of carbonyl (C=O) groups excluding carboxylic acids is 1. The lowest BCUT2D eigenvalue weighted by molar-refractivity contribution is -0.142. The van der Waals surface area contributed by atoms with Crippen molar-refractivity contribution in [3.63, 3.8) is 0 Å². The van der Waals surface area contributed by atoms with E-state index in [2.05, 4.69) is 5.32 Å². The molecule has 0 spiro atoms. The van der Waals surface area contributed by atoms with Crippen molar-refractivity contribution >= 4 is 23.5 Å². The number of carboxylic acid groups (broad SMARTS) is 1. The van der Waals surface area contributed by atoms with E-state index in [1.807, 2.05) is 0 Å². The van der Waals surface area contributed by atoms with Gasteiger partial charge in [-0.05, 0) is 12.1 Å². The van der Waals surface area contributed by atoms with Crippen molar-refractivity contribution in [3.8, 4) is 0 Å². The number of nitrogens with one attached hydrogen (secondary N) is 1. The van der Waals surface area contributed by atoms with E-state index in [9.17, 15) is 9.59 Å². The zero-order valence-electron chi connectivity index (χ0n) is 9.60. The van der Waals surface area contributed by atoms with Crippen molar-refractivity contribution in [2.75, 3.05) is 19.6 Å². The number of benzene rings is 1. The molecule has 1 fully saturated rings. The maximum atomic E-state index is 12.3. The Morgan fingerprint density at radius 3 is 2.78 bits per heavy atom. The quantitative estimate of drug-likeness (QED) is 0.834. The second-order valence-corrected chi connectivity index (χ2v) is 4.44. The molecule has 96 valence electrons. The lowest BCUT2D eigenvalue weighted by atomic mass is 10.1. The Morgan fingerprint density at radius 1 is 1.39 bits per heavy atom.